The van der Waals surface area contributed by atoms with Crippen LogP contribution in [0.3, 0.4) is 0 Å². The largest absolute Gasteiger partial charge is 0.384 e. The van der Waals surface area contributed by atoms with E-state index in [2.05, 4.69) is 9.36 Å². The van der Waals surface area contributed by atoms with Crippen molar-refractivity contribution in [3.8, 4) is 0 Å². The second-order valence-corrected chi connectivity index (χ2v) is 4.60. The van der Waals surface area contributed by atoms with Gasteiger partial charge in [-0.25, -0.2) is 4.98 Å². The molecule has 1 aromatic heterocycles. The number of nitrogens with zero attached hydrogens (tertiary/aromatic N) is 3. The summed E-state index contributed by atoms with van der Waals surface area (Å²) in [6, 6.07) is 7.52. The Hall–Kier alpha value is -1.95. The predicted molar refractivity (Wildman–Crippen MR) is 74.8 cm³/mol. The third-order valence-electron chi connectivity index (χ3n) is 2.60. The average Bonchev–Trinajstić information content (AvgIpc) is 2.86. The van der Waals surface area contributed by atoms with E-state index in [4.69, 9.17) is 11.1 Å². The molecule has 0 aliphatic heterocycles. The minimum Gasteiger partial charge on any atom is -0.384 e. The molecule has 0 aliphatic carbocycles. The van der Waals surface area contributed by atoms with Gasteiger partial charge in [-0.3, -0.25) is 5.41 Å². The summed E-state index contributed by atoms with van der Waals surface area (Å²) in [5, 5.41) is 8.29. The van der Waals surface area contributed by atoms with Crippen LogP contribution in [0.1, 0.15) is 18.3 Å². The zero-order chi connectivity index (χ0) is 13.1. The Morgan fingerprint density at radius 3 is 2.89 bits per heavy atom. The van der Waals surface area contributed by atoms with Crippen molar-refractivity contribution in [2.75, 3.05) is 11.9 Å². The van der Waals surface area contributed by atoms with E-state index in [9.17, 15) is 0 Å². The molecule has 1 aromatic carbocycles. The van der Waals surface area contributed by atoms with E-state index in [-0.39, 0.29) is 5.84 Å². The van der Waals surface area contributed by atoms with Crippen molar-refractivity contribution in [2.24, 2.45) is 5.73 Å². The lowest BCUT2D eigenvalue weighted by atomic mass is 10.2. The normalized spacial score (nSPS) is 10.3. The molecule has 0 aliphatic rings. The lowest BCUT2D eigenvalue weighted by Crippen LogP contribution is -2.13. The molecule has 0 radical (unpaired) electrons. The van der Waals surface area contributed by atoms with Gasteiger partial charge in [-0.2, -0.15) is 4.37 Å². The number of hydrogen-bond acceptors (Lipinski definition) is 5. The van der Waals surface area contributed by atoms with Crippen molar-refractivity contribution in [2.45, 2.75) is 13.3 Å². The van der Waals surface area contributed by atoms with Crippen LogP contribution in [-0.4, -0.2) is 22.2 Å². The number of hydrogen-bond donors (Lipinski definition) is 2. The lowest BCUT2D eigenvalue weighted by Gasteiger charge is -2.15. The molecular formula is C12H15N5S. The van der Waals surface area contributed by atoms with Crippen LogP contribution in [0.5, 0.6) is 0 Å². The van der Waals surface area contributed by atoms with Crippen molar-refractivity contribution < 1.29 is 0 Å². The van der Waals surface area contributed by atoms with Crippen molar-refractivity contribution in [3.05, 3.63) is 35.7 Å². The van der Waals surface area contributed by atoms with Crippen LogP contribution in [0.2, 0.25) is 0 Å². The van der Waals surface area contributed by atoms with Crippen LogP contribution in [-0.2, 0) is 6.42 Å². The molecule has 0 saturated carbocycles. The van der Waals surface area contributed by atoms with Gasteiger partial charge in [-0.1, -0.05) is 19.1 Å². The smallest absolute Gasteiger partial charge is 0.209 e. The van der Waals surface area contributed by atoms with E-state index in [1.54, 1.807) is 0 Å². The quantitative estimate of drug-likeness (QED) is 0.653. The van der Waals surface area contributed by atoms with Gasteiger partial charge in [0.05, 0.1) is 0 Å². The van der Waals surface area contributed by atoms with E-state index in [0.717, 1.165) is 23.1 Å². The van der Waals surface area contributed by atoms with Crippen molar-refractivity contribution >= 4 is 28.2 Å². The summed E-state index contributed by atoms with van der Waals surface area (Å²) >= 11 is 1.37. The summed E-state index contributed by atoms with van der Waals surface area (Å²) in [6.07, 6.45) is 0.831. The Kier molecular flexibility index (Phi) is 3.57. The van der Waals surface area contributed by atoms with E-state index in [0.29, 0.717) is 5.56 Å². The molecule has 2 rings (SSSR count). The molecule has 0 unspecified atom stereocenters. The highest BCUT2D eigenvalue weighted by atomic mass is 32.1. The molecule has 6 heteroatoms. The van der Waals surface area contributed by atoms with Crippen molar-refractivity contribution in [3.63, 3.8) is 0 Å². The summed E-state index contributed by atoms with van der Waals surface area (Å²) in [5.41, 5.74) is 7.14. The molecule has 1 heterocycles. The van der Waals surface area contributed by atoms with E-state index in [1.165, 1.54) is 11.5 Å². The van der Waals surface area contributed by atoms with Crippen molar-refractivity contribution in [1.82, 2.24) is 9.36 Å². The molecule has 5 nitrogen and oxygen atoms in total. The average molecular weight is 261 g/mol. The van der Waals surface area contributed by atoms with E-state index in [1.807, 2.05) is 43.1 Å². The standard InChI is InChI=1S/C12H15N5S/c1-3-10-15-12(18-16-10)17(2)9-6-4-5-8(7-9)11(13)14/h4-7H,3H2,1-2H3,(H3,13,14). The summed E-state index contributed by atoms with van der Waals surface area (Å²) in [5.74, 6) is 0.918. The minimum atomic E-state index is 0.0664. The third-order valence-corrected chi connectivity index (χ3v) is 3.44. The van der Waals surface area contributed by atoms with Crippen LogP contribution in [0.25, 0.3) is 0 Å². The Labute approximate surface area is 110 Å². The number of aryl methyl sites for hydroxylation is 1. The number of anilines is 2. The maximum Gasteiger partial charge on any atom is 0.209 e. The molecular weight excluding hydrogens is 246 g/mol. The highest BCUT2D eigenvalue weighted by Gasteiger charge is 2.10. The Bertz CT molecular complexity index is 563. The van der Waals surface area contributed by atoms with Gasteiger partial charge in [-0.15, -0.1) is 0 Å². The summed E-state index contributed by atoms with van der Waals surface area (Å²) in [4.78, 5) is 6.38. The van der Waals surface area contributed by atoms with Gasteiger partial charge in [0.1, 0.15) is 11.7 Å². The van der Waals surface area contributed by atoms with Crippen LogP contribution in [0.15, 0.2) is 24.3 Å². The number of benzene rings is 1. The van der Waals surface area contributed by atoms with Crippen LogP contribution in [0, 0.1) is 5.41 Å². The van der Waals surface area contributed by atoms with E-state index >= 15 is 0 Å². The summed E-state index contributed by atoms with van der Waals surface area (Å²) < 4.78 is 4.26. The number of amidine groups is 1. The minimum absolute atomic E-state index is 0.0664. The lowest BCUT2D eigenvalue weighted by molar-refractivity contribution is 0.989. The summed E-state index contributed by atoms with van der Waals surface area (Å²) in [6.45, 7) is 2.03. The van der Waals surface area contributed by atoms with Crippen LogP contribution < -0.4 is 10.6 Å². The first-order valence-corrected chi connectivity index (χ1v) is 6.40. The fourth-order valence-corrected chi connectivity index (χ4v) is 2.25. The van der Waals surface area contributed by atoms with Crippen molar-refractivity contribution in [1.29, 1.82) is 5.41 Å². The van der Waals surface area contributed by atoms with Gasteiger partial charge in [0.15, 0.2) is 0 Å². The predicted octanol–water partition coefficient (Wildman–Crippen LogP) is 2.15. The fraction of sp³-hybridized carbons (Fsp3) is 0.250. The second-order valence-electron chi connectivity index (χ2n) is 3.87. The van der Waals surface area contributed by atoms with Gasteiger partial charge < -0.3 is 10.6 Å². The van der Waals surface area contributed by atoms with Crippen LogP contribution >= 0.6 is 11.5 Å². The Morgan fingerprint density at radius 1 is 1.50 bits per heavy atom. The molecule has 18 heavy (non-hydrogen) atoms. The third kappa shape index (κ3) is 2.48. The fourth-order valence-electron chi connectivity index (χ4n) is 1.52. The Morgan fingerprint density at radius 2 is 2.28 bits per heavy atom. The highest BCUT2D eigenvalue weighted by Crippen LogP contribution is 2.25. The number of nitrogens with one attached hydrogen (secondary N) is 1. The zero-order valence-corrected chi connectivity index (χ0v) is 11.2. The first kappa shape index (κ1) is 12.5. The maximum atomic E-state index is 7.45. The molecule has 94 valence electrons. The topological polar surface area (TPSA) is 78.9 Å². The maximum absolute atomic E-state index is 7.45. The number of rotatable bonds is 4. The molecule has 0 fully saturated rings. The first-order chi connectivity index (χ1) is 8.61. The summed E-state index contributed by atoms with van der Waals surface area (Å²) in [7, 11) is 1.93. The molecule has 0 atom stereocenters. The molecule has 0 bridgehead atoms. The first-order valence-electron chi connectivity index (χ1n) is 5.62. The molecule has 0 amide bonds. The van der Waals surface area contributed by atoms with E-state index < -0.39 is 0 Å². The second kappa shape index (κ2) is 5.14. The SMILES string of the molecule is CCc1nsc(N(C)c2cccc(C(=N)N)c2)n1. The zero-order valence-electron chi connectivity index (χ0n) is 10.3. The molecule has 0 saturated heterocycles. The number of aromatic nitrogens is 2. The van der Waals surface area contributed by atoms with Gasteiger partial charge in [0, 0.05) is 36.3 Å². The van der Waals surface area contributed by atoms with Gasteiger partial charge in [0.2, 0.25) is 5.13 Å². The monoisotopic (exact) mass is 261 g/mol. The van der Waals surface area contributed by atoms with Crippen LogP contribution in [0.4, 0.5) is 10.8 Å². The molecule has 0 spiro atoms. The number of nitrogens with two attached hydrogens (primary N) is 1. The molecule has 3 N–H and O–H groups in total. The van der Waals surface area contributed by atoms with Gasteiger partial charge in [-0.05, 0) is 12.1 Å². The number of nitrogen functional groups attached to an aromatic ring is 1. The Balaban J connectivity index is 2.30. The molecule has 2 aromatic rings. The van der Waals surface area contributed by atoms with Gasteiger partial charge in [0.25, 0.3) is 0 Å². The van der Waals surface area contributed by atoms with Gasteiger partial charge >= 0.3 is 0 Å². The highest BCUT2D eigenvalue weighted by molar-refractivity contribution is 7.09.